The predicted molar refractivity (Wildman–Crippen MR) is 89.8 cm³/mol. The van der Waals surface area contributed by atoms with E-state index in [0.29, 0.717) is 15.9 Å². The summed E-state index contributed by atoms with van der Waals surface area (Å²) in [5, 5.41) is 3.60. The Labute approximate surface area is 143 Å². The quantitative estimate of drug-likeness (QED) is 0.865. The number of hydrogen-bond acceptors (Lipinski definition) is 4. The molecule has 7 nitrogen and oxygen atoms in total. The van der Waals surface area contributed by atoms with Crippen LogP contribution in [-0.4, -0.2) is 45.9 Å². The van der Waals surface area contributed by atoms with Crippen LogP contribution in [0.5, 0.6) is 0 Å². The minimum absolute atomic E-state index is 0.0308. The summed E-state index contributed by atoms with van der Waals surface area (Å²) >= 11 is 5.91. The third-order valence-corrected chi connectivity index (χ3v) is 4.08. The van der Waals surface area contributed by atoms with Gasteiger partial charge < -0.3 is 10.2 Å². The van der Waals surface area contributed by atoms with Gasteiger partial charge in [0.05, 0.1) is 23.8 Å². The highest BCUT2D eigenvalue weighted by atomic mass is 35.5. The highest BCUT2D eigenvalue weighted by Gasteiger charge is 2.24. The number of nitrogens with one attached hydrogen (secondary N) is 1. The summed E-state index contributed by atoms with van der Waals surface area (Å²) in [6.45, 7) is -0.210. The first kappa shape index (κ1) is 16.4. The van der Waals surface area contributed by atoms with Crippen molar-refractivity contribution in [3.05, 3.63) is 39.9 Å². The first-order valence-electron chi connectivity index (χ1n) is 7.62. The van der Waals surface area contributed by atoms with Crippen molar-refractivity contribution in [1.29, 1.82) is 0 Å². The highest BCUT2D eigenvalue weighted by molar-refractivity contribution is 6.31. The second-order valence-corrected chi connectivity index (χ2v) is 6.37. The topological polar surface area (TPSA) is 84.3 Å². The van der Waals surface area contributed by atoms with Gasteiger partial charge in [0.15, 0.2) is 0 Å². The molecule has 2 amide bonds. The normalized spacial score (nSPS) is 13.8. The third kappa shape index (κ3) is 3.73. The molecule has 0 atom stereocenters. The molecule has 1 saturated carbocycles. The fraction of sp³-hybridized carbons (Fsp3) is 0.375. The number of amides is 2. The number of hydrogen-bond donors (Lipinski definition) is 1. The molecule has 24 heavy (non-hydrogen) atoms. The van der Waals surface area contributed by atoms with Gasteiger partial charge in [-0.3, -0.25) is 19.0 Å². The molecule has 0 unspecified atom stereocenters. The Hall–Kier alpha value is -2.41. The molecule has 1 N–H and O–H groups in total. The summed E-state index contributed by atoms with van der Waals surface area (Å²) < 4.78 is 1.22. The molecule has 1 heterocycles. The number of fused-ring (bicyclic) bond motifs is 1. The molecule has 8 heteroatoms. The minimum atomic E-state index is -0.341. The molecule has 1 aromatic carbocycles. The van der Waals surface area contributed by atoms with Crippen LogP contribution in [0.3, 0.4) is 0 Å². The Morgan fingerprint density at radius 3 is 2.88 bits per heavy atom. The zero-order chi connectivity index (χ0) is 17.3. The molecule has 0 spiro atoms. The summed E-state index contributed by atoms with van der Waals surface area (Å²) in [6.07, 6.45) is 3.31. The van der Waals surface area contributed by atoms with Gasteiger partial charge in [-0.2, -0.15) is 0 Å². The summed E-state index contributed by atoms with van der Waals surface area (Å²) in [6, 6.07) is 5.08. The molecule has 0 aliphatic heterocycles. The maximum absolute atomic E-state index is 12.4. The van der Waals surface area contributed by atoms with E-state index in [0.717, 1.165) is 12.8 Å². The number of benzene rings is 1. The smallest absolute Gasteiger partial charge is 0.261 e. The molecule has 1 fully saturated rings. The van der Waals surface area contributed by atoms with Gasteiger partial charge in [0, 0.05) is 18.1 Å². The lowest BCUT2D eigenvalue weighted by atomic mass is 10.2. The van der Waals surface area contributed by atoms with Crippen LogP contribution in [0, 0.1) is 0 Å². The van der Waals surface area contributed by atoms with E-state index in [2.05, 4.69) is 10.3 Å². The minimum Gasteiger partial charge on any atom is -0.352 e. The number of rotatable bonds is 5. The van der Waals surface area contributed by atoms with Crippen molar-refractivity contribution in [1.82, 2.24) is 19.8 Å². The molecule has 0 bridgehead atoms. The van der Waals surface area contributed by atoms with E-state index in [-0.39, 0.29) is 36.5 Å². The lowest BCUT2D eigenvalue weighted by Gasteiger charge is -2.17. The lowest BCUT2D eigenvalue weighted by molar-refractivity contribution is -0.135. The molecule has 1 aromatic heterocycles. The van der Waals surface area contributed by atoms with E-state index in [4.69, 9.17) is 11.6 Å². The number of carbonyl (C=O) groups excluding carboxylic acids is 2. The molecule has 1 aliphatic carbocycles. The van der Waals surface area contributed by atoms with Crippen LogP contribution in [0.2, 0.25) is 5.02 Å². The van der Waals surface area contributed by atoms with E-state index < -0.39 is 0 Å². The molecule has 3 rings (SSSR count). The molecule has 2 aromatic rings. The molecule has 1 aliphatic rings. The SMILES string of the molecule is CN(CC(=O)NC1CC1)C(=O)Cn1cnc2ccc(Cl)cc2c1=O. The summed E-state index contributed by atoms with van der Waals surface area (Å²) in [7, 11) is 1.53. The van der Waals surface area contributed by atoms with E-state index in [1.165, 1.54) is 28.9 Å². The number of likely N-dealkylation sites (N-methyl/N-ethyl adjacent to an activating group) is 1. The monoisotopic (exact) mass is 348 g/mol. The van der Waals surface area contributed by atoms with Gasteiger partial charge in [0.2, 0.25) is 11.8 Å². The van der Waals surface area contributed by atoms with Gasteiger partial charge in [0.25, 0.3) is 5.56 Å². The Morgan fingerprint density at radius 1 is 1.42 bits per heavy atom. The van der Waals surface area contributed by atoms with Gasteiger partial charge in [-0.15, -0.1) is 0 Å². The molecule has 126 valence electrons. The average molecular weight is 349 g/mol. The number of halogens is 1. The maximum atomic E-state index is 12.4. The Kier molecular flexibility index (Phi) is 4.53. The predicted octanol–water partition coefficient (Wildman–Crippen LogP) is 0.787. The Balaban J connectivity index is 1.71. The number of aromatic nitrogens is 2. The Bertz CT molecular complexity index is 860. The molecular weight excluding hydrogens is 332 g/mol. The Morgan fingerprint density at radius 2 is 2.17 bits per heavy atom. The van der Waals surface area contributed by atoms with E-state index in [1.807, 2.05) is 0 Å². The van der Waals surface area contributed by atoms with Crippen LogP contribution in [0.25, 0.3) is 10.9 Å². The van der Waals surface area contributed by atoms with Crippen molar-refractivity contribution in [3.8, 4) is 0 Å². The van der Waals surface area contributed by atoms with Crippen molar-refractivity contribution in [2.75, 3.05) is 13.6 Å². The van der Waals surface area contributed by atoms with Crippen molar-refractivity contribution in [2.45, 2.75) is 25.4 Å². The van der Waals surface area contributed by atoms with Crippen LogP contribution < -0.4 is 10.9 Å². The second-order valence-electron chi connectivity index (χ2n) is 5.93. The number of nitrogens with zero attached hydrogens (tertiary/aromatic N) is 3. The van der Waals surface area contributed by atoms with Crippen LogP contribution in [0.4, 0.5) is 0 Å². The average Bonchev–Trinajstić information content (AvgIpc) is 3.34. The first-order chi connectivity index (χ1) is 11.4. The van der Waals surface area contributed by atoms with Gasteiger partial charge in [-0.05, 0) is 31.0 Å². The van der Waals surface area contributed by atoms with Crippen molar-refractivity contribution in [3.63, 3.8) is 0 Å². The molecule has 0 radical (unpaired) electrons. The van der Waals surface area contributed by atoms with Crippen LogP contribution in [-0.2, 0) is 16.1 Å². The summed E-state index contributed by atoms with van der Waals surface area (Å²) in [5.74, 6) is -0.532. The maximum Gasteiger partial charge on any atom is 0.261 e. The van der Waals surface area contributed by atoms with Crippen molar-refractivity contribution < 1.29 is 9.59 Å². The zero-order valence-electron chi connectivity index (χ0n) is 13.2. The third-order valence-electron chi connectivity index (χ3n) is 3.84. The van der Waals surface area contributed by atoms with Crippen LogP contribution in [0.1, 0.15) is 12.8 Å². The second kappa shape index (κ2) is 6.60. The summed E-state index contributed by atoms with van der Waals surface area (Å²) in [5.41, 5.74) is 0.178. The van der Waals surface area contributed by atoms with Gasteiger partial charge in [0.1, 0.15) is 6.54 Å². The van der Waals surface area contributed by atoms with E-state index >= 15 is 0 Å². The van der Waals surface area contributed by atoms with Gasteiger partial charge in [-0.25, -0.2) is 4.98 Å². The van der Waals surface area contributed by atoms with E-state index in [9.17, 15) is 14.4 Å². The van der Waals surface area contributed by atoms with Crippen LogP contribution in [0.15, 0.2) is 29.3 Å². The fourth-order valence-electron chi connectivity index (χ4n) is 2.31. The van der Waals surface area contributed by atoms with Gasteiger partial charge >= 0.3 is 0 Å². The number of carbonyl (C=O) groups is 2. The van der Waals surface area contributed by atoms with E-state index in [1.54, 1.807) is 12.1 Å². The van der Waals surface area contributed by atoms with Gasteiger partial charge in [-0.1, -0.05) is 11.6 Å². The fourth-order valence-corrected chi connectivity index (χ4v) is 2.49. The van der Waals surface area contributed by atoms with Crippen LogP contribution >= 0.6 is 11.6 Å². The zero-order valence-corrected chi connectivity index (χ0v) is 13.9. The summed E-state index contributed by atoms with van der Waals surface area (Å²) in [4.78, 5) is 41.9. The first-order valence-corrected chi connectivity index (χ1v) is 8.00. The largest absolute Gasteiger partial charge is 0.352 e. The highest BCUT2D eigenvalue weighted by Crippen LogP contribution is 2.18. The molecule has 0 saturated heterocycles. The van der Waals surface area contributed by atoms with Crippen molar-refractivity contribution >= 4 is 34.3 Å². The lowest BCUT2D eigenvalue weighted by Crippen LogP contribution is -2.41. The standard InChI is InChI=1S/C16H17ClN4O3/c1-20(7-14(22)19-11-3-4-11)15(23)8-21-9-18-13-5-2-10(17)6-12(13)16(21)24/h2,5-6,9,11H,3-4,7-8H2,1H3,(H,19,22). The van der Waals surface area contributed by atoms with Crippen molar-refractivity contribution in [2.24, 2.45) is 0 Å². The molecular formula is C16H17ClN4O3.